The van der Waals surface area contributed by atoms with E-state index in [0.29, 0.717) is 18.7 Å². The van der Waals surface area contributed by atoms with E-state index in [1.165, 1.54) is 6.39 Å². The Labute approximate surface area is 111 Å². The molecule has 0 aliphatic heterocycles. The van der Waals surface area contributed by atoms with E-state index in [9.17, 15) is 4.79 Å². The largest absolute Gasteiger partial charge is 0.462 e. The lowest BCUT2D eigenvalue weighted by Gasteiger charge is -2.06. The molecular weight excluding hydrogens is 244 g/mol. The van der Waals surface area contributed by atoms with Crippen LogP contribution in [0.5, 0.6) is 0 Å². The molecule has 0 spiro atoms. The van der Waals surface area contributed by atoms with Crippen molar-refractivity contribution in [1.82, 2.24) is 4.98 Å². The molecule has 2 rings (SSSR count). The van der Waals surface area contributed by atoms with Gasteiger partial charge in [0.2, 0.25) is 0 Å². The molecule has 1 aromatic carbocycles. The highest BCUT2D eigenvalue weighted by Gasteiger charge is 2.06. The molecule has 0 radical (unpaired) electrons. The third-order valence-electron chi connectivity index (χ3n) is 2.51. The average molecular weight is 260 g/mol. The molecule has 0 aliphatic carbocycles. The van der Waals surface area contributed by atoms with Gasteiger partial charge in [0.25, 0.3) is 0 Å². The molecule has 0 fully saturated rings. The van der Waals surface area contributed by atoms with E-state index in [-0.39, 0.29) is 5.97 Å². The number of esters is 1. The predicted molar refractivity (Wildman–Crippen MR) is 70.8 cm³/mol. The highest BCUT2D eigenvalue weighted by atomic mass is 16.5. The Morgan fingerprint density at radius 3 is 2.79 bits per heavy atom. The SMILES string of the molecule is CCCOC(=O)c1ccc(NCc2cnco2)cc1. The van der Waals surface area contributed by atoms with Gasteiger partial charge >= 0.3 is 5.97 Å². The van der Waals surface area contributed by atoms with Gasteiger partial charge in [-0.3, -0.25) is 0 Å². The van der Waals surface area contributed by atoms with E-state index in [4.69, 9.17) is 9.15 Å². The lowest BCUT2D eigenvalue weighted by Crippen LogP contribution is -2.06. The molecule has 0 bridgehead atoms. The van der Waals surface area contributed by atoms with E-state index in [0.717, 1.165) is 17.9 Å². The number of anilines is 1. The maximum absolute atomic E-state index is 11.6. The van der Waals surface area contributed by atoms with Gasteiger partial charge < -0.3 is 14.5 Å². The third kappa shape index (κ3) is 3.84. The number of benzene rings is 1. The number of oxazole rings is 1. The maximum atomic E-state index is 11.6. The Morgan fingerprint density at radius 2 is 2.16 bits per heavy atom. The molecule has 0 unspecified atom stereocenters. The van der Waals surface area contributed by atoms with Gasteiger partial charge in [-0.25, -0.2) is 9.78 Å². The molecule has 19 heavy (non-hydrogen) atoms. The smallest absolute Gasteiger partial charge is 0.338 e. The van der Waals surface area contributed by atoms with Crippen molar-refractivity contribution in [2.24, 2.45) is 0 Å². The predicted octanol–water partition coefficient (Wildman–Crippen LogP) is 2.85. The lowest BCUT2D eigenvalue weighted by atomic mass is 10.2. The first-order chi connectivity index (χ1) is 9.29. The summed E-state index contributed by atoms with van der Waals surface area (Å²) in [4.78, 5) is 15.4. The summed E-state index contributed by atoms with van der Waals surface area (Å²) in [6.07, 6.45) is 3.87. The van der Waals surface area contributed by atoms with Crippen molar-refractivity contribution in [1.29, 1.82) is 0 Å². The van der Waals surface area contributed by atoms with Crippen LogP contribution in [0.15, 0.2) is 41.3 Å². The minimum atomic E-state index is -0.288. The number of rotatable bonds is 6. The molecule has 1 N–H and O–H groups in total. The van der Waals surface area contributed by atoms with Gasteiger partial charge in [-0.15, -0.1) is 0 Å². The van der Waals surface area contributed by atoms with Gasteiger partial charge in [-0.1, -0.05) is 6.92 Å². The Morgan fingerprint density at radius 1 is 1.37 bits per heavy atom. The molecule has 0 saturated heterocycles. The first kappa shape index (κ1) is 13.1. The van der Waals surface area contributed by atoms with Gasteiger partial charge in [-0.2, -0.15) is 0 Å². The molecule has 1 heterocycles. The fourth-order valence-electron chi connectivity index (χ4n) is 1.52. The van der Waals surface area contributed by atoms with E-state index in [2.05, 4.69) is 10.3 Å². The van der Waals surface area contributed by atoms with Gasteiger partial charge in [0.1, 0.15) is 5.76 Å². The van der Waals surface area contributed by atoms with Crippen LogP contribution < -0.4 is 5.32 Å². The second-order valence-corrected chi connectivity index (χ2v) is 4.03. The topological polar surface area (TPSA) is 64.4 Å². The molecule has 5 nitrogen and oxygen atoms in total. The normalized spacial score (nSPS) is 10.2. The van der Waals surface area contributed by atoms with E-state index < -0.39 is 0 Å². The van der Waals surface area contributed by atoms with Crippen LogP contribution in [0.1, 0.15) is 29.5 Å². The summed E-state index contributed by atoms with van der Waals surface area (Å²) < 4.78 is 10.2. The van der Waals surface area contributed by atoms with Crippen LogP contribution in [0, 0.1) is 0 Å². The van der Waals surface area contributed by atoms with Crippen LogP contribution in [0.3, 0.4) is 0 Å². The van der Waals surface area contributed by atoms with E-state index >= 15 is 0 Å². The van der Waals surface area contributed by atoms with Gasteiger partial charge in [0.15, 0.2) is 6.39 Å². The minimum absolute atomic E-state index is 0.288. The summed E-state index contributed by atoms with van der Waals surface area (Å²) >= 11 is 0. The van der Waals surface area contributed by atoms with Crippen molar-refractivity contribution in [2.45, 2.75) is 19.9 Å². The number of ether oxygens (including phenoxy) is 1. The van der Waals surface area contributed by atoms with Crippen molar-refractivity contribution in [3.63, 3.8) is 0 Å². The second-order valence-electron chi connectivity index (χ2n) is 4.03. The summed E-state index contributed by atoms with van der Waals surface area (Å²) in [5, 5.41) is 3.17. The van der Waals surface area contributed by atoms with Gasteiger partial charge in [-0.05, 0) is 30.7 Å². The zero-order valence-electron chi connectivity index (χ0n) is 10.8. The number of carbonyl (C=O) groups excluding carboxylic acids is 1. The molecule has 100 valence electrons. The fraction of sp³-hybridized carbons (Fsp3) is 0.286. The number of nitrogens with zero attached hydrogens (tertiary/aromatic N) is 1. The molecule has 5 heteroatoms. The quantitative estimate of drug-likeness (QED) is 0.809. The highest BCUT2D eigenvalue weighted by molar-refractivity contribution is 5.89. The Bertz CT molecular complexity index is 506. The summed E-state index contributed by atoms with van der Waals surface area (Å²) in [6, 6.07) is 7.14. The minimum Gasteiger partial charge on any atom is -0.462 e. The average Bonchev–Trinajstić information content (AvgIpc) is 2.96. The zero-order valence-corrected chi connectivity index (χ0v) is 10.8. The van der Waals surface area contributed by atoms with Crippen LogP contribution >= 0.6 is 0 Å². The van der Waals surface area contributed by atoms with Crippen molar-refractivity contribution >= 4 is 11.7 Å². The number of nitrogens with one attached hydrogen (secondary N) is 1. The summed E-state index contributed by atoms with van der Waals surface area (Å²) in [6.45, 7) is 2.97. The Hall–Kier alpha value is -2.30. The monoisotopic (exact) mass is 260 g/mol. The summed E-state index contributed by atoms with van der Waals surface area (Å²) in [5.41, 5.74) is 1.46. The van der Waals surface area contributed by atoms with Crippen LogP contribution in [-0.2, 0) is 11.3 Å². The van der Waals surface area contributed by atoms with Gasteiger partial charge in [0.05, 0.1) is 24.9 Å². The van der Waals surface area contributed by atoms with Gasteiger partial charge in [0, 0.05) is 5.69 Å². The van der Waals surface area contributed by atoms with Crippen LogP contribution in [-0.4, -0.2) is 17.6 Å². The lowest BCUT2D eigenvalue weighted by molar-refractivity contribution is 0.0505. The highest BCUT2D eigenvalue weighted by Crippen LogP contribution is 2.12. The molecule has 0 amide bonds. The number of aromatic nitrogens is 1. The molecule has 0 saturated carbocycles. The molecule has 0 aliphatic rings. The first-order valence-corrected chi connectivity index (χ1v) is 6.18. The maximum Gasteiger partial charge on any atom is 0.338 e. The van der Waals surface area contributed by atoms with E-state index in [1.807, 2.05) is 19.1 Å². The molecule has 2 aromatic rings. The Balaban J connectivity index is 1.89. The molecule has 0 atom stereocenters. The van der Waals surface area contributed by atoms with Crippen LogP contribution in [0.2, 0.25) is 0 Å². The van der Waals surface area contributed by atoms with Crippen LogP contribution in [0.4, 0.5) is 5.69 Å². The summed E-state index contributed by atoms with van der Waals surface area (Å²) in [7, 11) is 0. The number of hydrogen-bond acceptors (Lipinski definition) is 5. The number of carbonyl (C=O) groups is 1. The van der Waals surface area contributed by atoms with Crippen molar-refractivity contribution in [3.8, 4) is 0 Å². The second kappa shape index (κ2) is 6.58. The fourth-order valence-corrected chi connectivity index (χ4v) is 1.52. The molecule has 1 aromatic heterocycles. The van der Waals surface area contributed by atoms with Crippen molar-refractivity contribution in [3.05, 3.63) is 48.2 Å². The zero-order chi connectivity index (χ0) is 13.5. The van der Waals surface area contributed by atoms with Crippen LogP contribution in [0.25, 0.3) is 0 Å². The number of hydrogen-bond donors (Lipinski definition) is 1. The Kier molecular flexibility index (Phi) is 4.55. The summed E-state index contributed by atoms with van der Waals surface area (Å²) in [5.74, 6) is 0.468. The third-order valence-corrected chi connectivity index (χ3v) is 2.51. The molecular formula is C14H16N2O3. The van der Waals surface area contributed by atoms with Crippen molar-refractivity contribution in [2.75, 3.05) is 11.9 Å². The van der Waals surface area contributed by atoms with E-state index in [1.54, 1.807) is 18.3 Å². The van der Waals surface area contributed by atoms with Crippen molar-refractivity contribution < 1.29 is 13.9 Å². The standard InChI is InChI=1S/C14H16N2O3/c1-2-7-18-14(17)11-3-5-12(6-4-11)16-9-13-8-15-10-19-13/h3-6,8,10,16H,2,7,9H2,1H3. The first-order valence-electron chi connectivity index (χ1n) is 6.18.